The van der Waals surface area contributed by atoms with Crippen LogP contribution in [0.4, 0.5) is 4.39 Å². The first-order chi connectivity index (χ1) is 16.6. The third kappa shape index (κ3) is 6.84. The Morgan fingerprint density at radius 3 is 2.43 bits per heavy atom. The molecule has 0 saturated heterocycles. The van der Waals surface area contributed by atoms with Gasteiger partial charge in [-0.15, -0.1) is 0 Å². The molecular formula is C30H35FO4. The molecular weight excluding hydrogens is 443 g/mol. The zero-order valence-electron chi connectivity index (χ0n) is 21.2. The van der Waals surface area contributed by atoms with Crippen LogP contribution in [-0.4, -0.2) is 18.2 Å². The summed E-state index contributed by atoms with van der Waals surface area (Å²) < 4.78 is 26.2. The molecule has 0 aliphatic carbocycles. The van der Waals surface area contributed by atoms with Crippen LogP contribution in [0.25, 0.3) is 11.1 Å². The third-order valence-corrected chi connectivity index (χ3v) is 6.15. The first-order valence-electron chi connectivity index (χ1n) is 12.0. The molecule has 1 N–H and O–H groups in total. The van der Waals surface area contributed by atoms with E-state index in [4.69, 9.17) is 9.47 Å². The van der Waals surface area contributed by atoms with Gasteiger partial charge >= 0.3 is 5.97 Å². The van der Waals surface area contributed by atoms with Gasteiger partial charge in [0, 0.05) is 5.56 Å². The van der Waals surface area contributed by atoms with E-state index in [1.807, 2.05) is 36.4 Å². The van der Waals surface area contributed by atoms with E-state index in [1.165, 1.54) is 6.07 Å². The average Bonchev–Trinajstić information content (AvgIpc) is 2.82. The molecule has 1 unspecified atom stereocenters. The first-order valence-corrected chi connectivity index (χ1v) is 12.0. The van der Waals surface area contributed by atoms with E-state index in [1.54, 1.807) is 19.2 Å². The normalized spacial score (nSPS) is 12.3. The Hall–Kier alpha value is -3.34. The largest absolute Gasteiger partial charge is 0.497 e. The molecule has 0 heterocycles. The summed E-state index contributed by atoms with van der Waals surface area (Å²) in [4.78, 5) is 11.3. The molecule has 5 heteroatoms. The van der Waals surface area contributed by atoms with Gasteiger partial charge in [0.25, 0.3) is 0 Å². The second kappa shape index (κ2) is 11.4. The van der Waals surface area contributed by atoms with Crippen LogP contribution in [0.15, 0.2) is 60.7 Å². The van der Waals surface area contributed by atoms with Gasteiger partial charge < -0.3 is 14.6 Å². The van der Waals surface area contributed by atoms with Gasteiger partial charge in [-0.1, -0.05) is 64.4 Å². The first kappa shape index (κ1) is 26.3. The van der Waals surface area contributed by atoms with Crippen molar-refractivity contribution in [3.05, 3.63) is 83.2 Å². The molecule has 0 aliphatic heterocycles. The molecule has 0 radical (unpaired) electrons. The van der Waals surface area contributed by atoms with Crippen molar-refractivity contribution in [3.63, 3.8) is 0 Å². The number of methoxy groups -OCH3 is 1. The van der Waals surface area contributed by atoms with Crippen LogP contribution in [0.3, 0.4) is 0 Å². The summed E-state index contributed by atoms with van der Waals surface area (Å²) in [5.74, 6) is 0.190. The number of rotatable bonds is 10. The van der Waals surface area contributed by atoms with Gasteiger partial charge in [0.15, 0.2) is 0 Å². The Morgan fingerprint density at radius 2 is 1.77 bits per heavy atom. The highest BCUT2D eigenvalue weighted by Gasteiger charge is 2.22. The maximum absolute atomic E-state index is 14.7. The van der Waals surface area contributed by atoms with Crippen LogP contribution < -0.4 is 9.47 Å². The van der Waals surface area contributed by atoms with E-state index < -0.39 is 5.97 Å². The Labute approximate surface area is 207 Å². The number of ether oxygens (including phenoxy) is 2. The maximum Gasteiger partial charge on any atom is 0.303 e. The number of hydrogen-bond donors (Lipinski definition) is 1. The summed E-state index contributed by atoms with van der Waals surface area (Å²) in [5, 5.41) is 9.27. The van der Waals surface area contributed by atoms with Crippen molar-refractivity contribution in [1.29, 1.82) is 0 Å². The lowest BCUT2D eigenvalue weighted by Gasteiger charge is -2.24. The maximum atomic E-state index is 14.7. The Kier molecular flexibility index (Phi) is 8.55. The van der Waals surface area contributed by atoms with Crippen LogP contribution in [0.2, 0.25) is 0 Å². The van der Waals surface area contributed by atoms with Crippen molar-refractivity contribution in [2.24, 2.45) is 0 Å². The number of hydrogen-bond acceptors (Lipinski definition) is 3. The van der Waals surface area contributed by atoms with E-state index in [0.717, 1.165) is 35.1 Å². The van der Waals surface area contributed by atoms with Crippen molar-refractivity contribution in [1.82, 2.24) is 0 Å². The molecule has 35 heavy (non-hydrogen) atoms. The molecule has 0 fully saturated rings. The summed E-state index contributed by atoms with van der Waals surface area (Å²) in [6.07, 6.45) is 1.83. The number of benzene rings is 3. The molecule has 186 valence electrons. The summed E-state index contributed by atoms with van der Waals surface area (Å²) in [7, 11) is 1.57. The van der Waals surface area contributed by atoms with Crippen molar-refractivity contribution < 1.29 is 23.8 Å². The zero-order chi connectivity index (χ0) is 25.6. The Morgan fingerprint density at radius 1 is 1.00 bits per heavy atom. The van der Waals surface area contributed by atoms with Gasteiger partial charge in [-0.2, -0.15) is 0 Å². The van der Waals surface area contributed by atoms with Gasteiger partial charge in [0.2, 0.25) is 0 Å². The highest BCUT2D eigenvalue weighted by atomic mass is 19.1. The number of carboxylic acid groups (broad SMARTS) is 1. The quantitative estimate of drug-likeness (QED) is 0.324. The number of aliphatic carboxylic acids is 1. The van der Waals surface area contributed by atoms with Crippen molar-refractivity contribution in [2.75, 3.05) is 7.11 Å². The number of carboxylic acids is 1. The molecule has 0 bridgehead atoms. The summed E-state index contributed by atoms with van der Waals surface area (Å²) in [5.41, 5.74) is 4.09. The highest BCUT2D eigenvalue weighted by molar-refractivity contribution is 5.71. The van der Waals surface area contributed by atoms with E-state index in [9.17, 15) is 14.3 Å². The van der Waals surface area contributed by atoms with Crippen LogP contribution in [0.1, 0.15) is 69.6 Å². The second-order valence-electron chi connectivity index (χ2n) is 9.92. The lowest BCUT2D eigenvalue weighted by molar-refractivity contribution is -0.137. The van der Waals surface area contributed by atoms with Crippen molar-refractivity contribution >= 4 is 5.97 Å². The molecule has 3 aromatic carbocycles. The predicted octanol–water partition coefficient (Wildman–Crippen LogP) is 7.74. The molecule has 3 rings (SSSR count). The summed E-state index contributed by atoms with van der Waals surface area (Å²) >= 11 is 0. The molecule has 3 aromatic rings. The highest BCUT2D eigenvalue weighted by Crippen LogP contribution is 2.37. The topological polar surface area (TPSA) is 55.8 Å². The van der Waals surface area contributed by atoms with E-state index in [-0.39, 0.29) is 23.6 Å². The predicted molar refractivity (Wildman–Crippen MR) is 138 cm³/mol. The Balaban J connectivity index is 1.87. The van der Waals surface area contributed by atoms with Crippen molar-refractivity contribution in [3.8, 4) is 22.6 Å². The molecule has 0 aliphatic rings. The number of carbonyl (C=O) groups is 1. The molecule has 0 spiro atoms. The fourth-order valence-corrected chi connectivity index (χ4v) is 4.35. The third-order valence-electron chi connectivity index (χ3n) is 6.15. The zero-order valence-corrected chi connectivity index (χ0v) is 21.2. The van der Waals surface area contributed by atoms with Gasteiger partial charge in [-0.05, 0) is 70.3 Å². The molecule has 0 amide bonds. The Bertz CT molecular complexity index is 1160. The fourth-order valence-electron chi connectivity index (χ4n) is 4.35. The van der Waals surface area contributed by atoms with Crippen LogP contribution in [0, 0.1) is 5.82 Å². The van der Waals surface area contributed by atoms with Crippen LogP contribution >= 0.6 is 0 Å². The lowest BCUT2D eigenvalue weighted by Crippen LogP contribution is -2.14. The lowest BCUT2D eigenvalue weighted by atomic mass is 9.81. The minimum absolute atomic E-state index is 0.0365. The summed E-state index contributed by atoms with van der Waals surface area (Å²) in [6, 6.07) is 18.4. The minimum atomic E-state index is -0.794. The average molecular weight is 479 g/mol. The van der Waals surface area contributed by atoms with Gasteiger partial charge in [0.1, 0.15) is 23.9 Å². The van der Waals surface area contributed by atoms with Gasteiger partial charge in [-0.25, -0.2) is 4.39 Å². The summed E-state index contributed by atoms with van der Waals surface area (Å²) in [6.45, 7) is 8.73. The fraction of sp³-hybridized carbons (Fsp3) is 0.367. The minimum Gasteiger partial charge on any atom is -0.497 e. The van der Waals surface area contributed by atoms with Gasteiger partial charge in [-0.3, -0.25) is 4.79 Å². The van der Waals surface area contributed by atoms with E-state index >= 15 is 0 Å². The second-order valence-corrected chi connectivity index (χ2v) is 9.92. The molecule has 0 aromatic heterocycles. The SMILES string of the molecule is CCCC(CC(=O)O)c1cccc(OCc2ccc(-c3cc(OC)ccc3F)c(C(C)(C)C)c2)c1. The molecule has 4 nitrogen and oxygen atoms in total. The van der Waals surface area contributed by atoms with E-state index in [0.29, 0.717) is 23.7 Å². The number of halogens is 1. The monoisotopic (exact) mass is 478 g/mol. The van der Waals surface area contributed by atoms with E-state index in [2.05, 4.69) is 33.8 Å². The standard InChI is InChI=1S/C30H35FO4/c1-6-8-21(17-29(32)33)22-9-7-10-24(16-22)35-19-20-11-13-25(27(15-20)30(2,3)4)26-18-23(34-5)12-14-28(26)31/h7,9-16,18,21H,6,8,17,19H2,1-5H3,(H,32,33). The van der Waals surface area contributed by atoms with Crippen LogP contribution in [0.5, 0.6) is 11.5 Å². The van der Waals surface area contributed by atoms with Crippen molar-refractivity contribution in [2.45, 2.75) is 64.9 Å². The van der Waals surface area contributed by atoms with Gasteiger partial charge in [0.05, 0.1) is 13.5 Å². The molecule has 0 saturated carbocycles. The van der Waals surface area contributed by atoms with Crippen LogP contribution in [-0.2, 0) is 16.8 Å². The molecule has 1 atom stereocenters. The smallest absolute Gasteiger partial charge is 0.303 e.